The second-order valence-corrected chi connectivity index (χ2v) is 7.60. The lowest BCUT2D eigenvalue weighted by Gasteiger charge is -2.20. The van der Waals surface area contributed by atoms with E-state index < -0.39 is 0 Å². The summed E-state index contributed by atoms with van der Waals surface area (Å²) in [7, 11) is 1.65. The summed E-state index contributed by atoms with van der Waals surface area (Å²) in [6, 6.07) is 18.8. The molecule has 1 N–H and O–H groups in total. The van der Waals surface area contributed by atoms with Gasteiger partial charge in [0.1, 0.15) is 10.8 Å². The highest BCUT2D eigenvalue weighted by atomic mass is 32.1. The summed E-state index contributed by atoms with van der Waals surface area (Å²) < 4.78 is 5.44. The normalized spacial score (nSPS) is 10.4. The maximum Gasteiger partial charge on any atom is 0.131 e. The molecule has 0 amide bonds. The lowest BCUT2D eigenvalue weighted by molar-refractivity contribution is 0.373. The molecule has 0 bridgehead atoms. The van der Waals surface area contributed by atoms with Crippen LogP contribution in [0.3, 0.4) is 0 Å². The number of nitrogens with one attached hydrogen (secondary N) is 1. The van der Waals surface area contributed by atoms with E-state index in [0.29, 0.717) is 5.76 Å². The molecule has 0 saturated heterocycles. The second-order valence-electron chi connectivity index (χ2n) is 6.57. The summed E-state index contributed by atoms with van der Waals surface area (Å²) in [5.74, 6) is 0.650. The minimum Gasteiger partial charge on any atom is -0.496 e. The van der Waals surface area contributed by atoms with Crippen LogP contribution in [0, 0.1) is 13.8 Å². The van der Waals surface area contributed by atoms with E-state index in [1.165, 1.54) is 16.7 Å². The van der Waals surface area contributed by atoms with E-state index in [4.69, 9.17) is 4.74 Å². The van der Waals surface area contributed by atoms with Gasteiger partial charge >= 0.3 is 0 Å². The fourth-order valence-electron chi connectivity index (χ4n) is 3.07. The van der Waals surface area contributed by atoms with Gasteiger partial charge in [0.25, 0.3) is 0 Å². The molecule has 0 aliphatic carbocycles. The van der Waals surface area contributed by atoms with Crippen LogP contribution in [0.5, 0.6) is 0 Å². The molecule has 28 heavy (non-hydrogen) atoms. The quantitative estimate of drug-likeness (QED) is 0.424. The molecule has 2 aromatic carbocycles. The predicted octanol–water partition coefficient (Wildman–Crippen LogP) is 6.88. The Morgan fingerprint density at radius 2 is 1.79 bits per heavy atom. The van der Waals surface area contributed by atoms with Crippen molar-refractivity contribution in [2.75, 3.05) is 17.3 Å². The molecule has 3 nitrogen and oxygen atoms in total. The Morgan fingerprint density at radius 1 is 1.11 bits per heavy atom. The number of hydrogen-bond donors (Lipinski definition) is 1. The van der Waals surface area contributed by atoms with E-state index in [0.717, 1.165) is 27.8 Å². The number of hydrogen-bond acceptors (Lipinski definition) is 4. The van der Waals surface area contributed by atoms with E-state index in [1.54, 1.807) is 18.4 Å². The molecule has 4 heteroatoms. The van der Waals surface area contributed by atoms with Crippen molar-refractivity contribution in [2.45, 2.75) is 20.4 Å². The molecule has 1 heterocycles. The number of rotatable bonds is 8. The smallest absolute Gasteiger partial charge is 0.131 e. The molecule has 0 fully saturated rings. The van der Waals surface area contributed by atoms with E-state index in [9.17, 15) is 0 Å². The SMILES string of the molecule is C=CN(c1cc(NCc2ccccc2C)c(C(=C)OC)s1)c1ccccc1C. The third kappa shape index (κ3) is 4.12. The molecular formula is C24H26N2OS. The molecule has 1 aromatic heterocycles. The Morgan fingerprint density at radius 3 is 2.43 bits per heavy atom. The van der Waals surface area contributed by atoms with Crippen molar-refractivity contribution in [3.63, 3.8) is 0 Å². The van der Waals surface area contributed by atoms with Crippen LogP contribution >= 0.6 is 11.3 Å². The van der Waals surface area contributed by atoms with Gasteiger partial charge in [0, 0.05) is 18.4 Å². The first-order valence-corrected chi connectivity index (χ1v) is 9.99. The average Bonchev–Trinajstić information content (AvgIpc) is 3.12. The number of methoxy groups -OCH3 is 1. The molecule has 3 aromatic rings. The number of nitrogens with zero attached hydrogens (tertiary/aromatic N) is 1. The maximum absolute atomic E-state index is 5.44. The van der Waals surface area contributed by atoms with Gasteiger partial charge in [-0.15, -0.1) is 11.3 Å². The summed E-state index contributed by atoms with van der Waals surface area (Å²) in [5, 5.41) is 4.62. The number of para-hydroxylation sites is 1. The highest BCUT2D eigenvalue weighted by molar-refractivity contribution is 7.17. The van der Waals surface area contributed by atoms with Crippen LogP contribution in [0.25, 0.3) is 5.76 Å². The maximum atomic E-state index is 5.44. The highest BCUT2D eigenvalue weighted by Crippen LogP contribution is 2.41. The molecule has 0 spiro atoms. The van der Waals surface area contributed by atoms with Crippen LogP contribution in [-0.2, 0) is 11.3 Å². The molecule has 0 aliphatic heterocycles. The highest BCUT2D eigenvalue weighted by Gasteiger charge is 2.17. The van der Waals surface area contributed by atoms with Crippen LogP contribution in [0.2, 0.25) is 0 Å². The van der Waals surface area contributed by atoms with Gasteiger partial charge in [-0.1, -0.05) is 55.6 Å². The molecule has 0 unspecified atom stereocenters. The summed E-state index contributed by atoms with van der Waals surface area (Å²) in [4.78, 5) is 3.09. The lowest BCUT2D eigenvalue weighted by Crippen LogP contribution is -2.07. The van der Waals surface area contributed by atoms with Crippen molar-refractivity contribution in [3.05, 3.63) is 95.5 Å². The van der Waals surface area contributed by atoms with Gasteiger partial charge in [-0.2, -0.15) is 0 Å². The number of thiophene rings is 1. The average molecular weight is 391 g/mol. The third-order valence-corrected chi connectivity index (χ3v) is 5.92. The number of ether oxygens (including phenoxy) is 1. The summed E-state index contributed by atoms with van der Waals surface area (Å²) in [6.07, 6.45) is 1.85. The zero-order chi connectivity index (χ0) is 20.1. The molecule has 0 radical (unpaired) electrons. The Kier molecular flexibility index (Phi) is 6.22. The van der Waals surface area contributed by atoms with Gasteiger partial charge in [-0.25, -0.2) is 0 Å². The Bertz CT molecular complexity index is 990. The Labute approximate surface area is 171 Å². The van der Waals surface area contributed by atoms with Gasteiger partial charge in [0.2, 0.25) is 0 Å². The van der Waals surface area contributed by atoms with Crippen molar-refractivity contribution in [2.24, 2.45) is 0 Å². The van der Waals surface area contributed by atoms with Gasteiger partial charge < -0.3 is 15.0 Å². The Hall–Kier alpha value is -2.98. The van der Waals surface area contributed by atoms with Gasteiger partial charge in [-0.3, -0.25) is 0 Å². The standard InChI is InChI=1S/C24H26N2OS/c1-6-26(22-14-10-8-12-18(22)3)23-15-21(24(28-23)19(4)27-5)25-16-20-13-9-7-11-17(20)2/h6-15,25H,1,4,16H2,2-3,5H3. The summed E-state index contributed by atoms with van der Waals surface area (Å²) in [5.41, 5.74) is 5.85. The van der Waals surface area contributed by atoms with Crippen molar-refractivity contribution in [3.8, 4) is 0 Å². The number of aryl methyl sites for hydroxylation is 2. The van der Waals surface area contributed by atoms with Crippen molar-refractivity contribution in [1.82, 2.24) is 0 Å². The van der Waals surface area contributed by atoms with E-state index in [-0.39, 0.29) is 0 Å². The van der Waals surface area contributed by atoms with Gasteiger partial charge in [0.15, 0.2) is 0 Å². The largest absolute Gasteiger partial charge is 0.496 e. The molecule has 0 aliphatic rings. The molecular weight excluding hydrogens is 364 g/mol. The first-order valence-electron chi connectivity index (χ1n) is 9.18. The first kappa shape index (κ1) is 19.8. The number of anilines is 3. The van der Waals surface area contributed by atoms with Crippen molar-refractivity contribution in [1.29, 1.82) is 0 Å². The van der Waals surface area contributed by atoms with Crippen molar-refractivity contribution >= 4 is 33.5 Å². The van der Waals surface area contributed by atoms with E-state index >= 15 is 0 Å². The summed E-state index contributed by atoms with van der Waals surface area (Å²) in [6.45, 7) is 13.1. The van der Waals surface area contributed by atoms with Crippen LogP contribution in [0.4, 0.5) is 16.4 Å². The van der Waals surface area contributed by atoms with Gasteiger partial charge in [0.05, 0.1) is 17.7 Å². The molecule has 0 saturated carbocycles. The van der Waals surface area contributed by atoms with Crippen LogP contribution in [0.1, 0.15) is 21.6 Å². The van der Waals surface area contributed by atoms with Crippen LogP contribution < -0.4 is 10.2 Å². The molecule has 144 valence electrons. The van der Waals surface area contributed by atoms with Crippen LogP contribution in [-0.4, -0.2) is 7.11 Å². The molecule has 3 rings (SSSR count). The van der Waals surface area contributed by atoms with Crippen LogP contribution in [0.15, 0.2) is 74.0 Å². The zero-order valence-electron chi connectivity index (χ0n) is 16.7. The lowest BCUT2D eigenvalue weighted by atomic mass is 10.1. The second kappa shape index (κ2) is 8.81. The van der Waals surface area contributed by atoms with Crippen molar-refractivity contribution < 1.29 is 4.74 Å². The first-order chi connectivity index (χ1) is 13.5. The zero-order valence-corrected chi connectivity index (χ0v) is 17.5. The fraction of sp³-hybridized carbons (Fsp3) is 0.167. The minimum atomic E-state index is 0.650. The topological polar surface area (TPSA) is 24.5 Å². The predicted molar refractivity (Wildman–Crippen MR) is 122 cm³/mol. The molecule has 0 atom stereocenters. The Balaban J connectivity index is 1.95. The summed E-state index contributed by atoms with van der Waals surface area (Å²) >= 11 is 1.64. The minimum absolute atomic E-state index is 0.650. The monoisotopic (exact) mass is 390 g/mol. The van der Waals surface area contributed by atoms with E-state index in [2.05, 4.69) is 79.7 Å². The fourth-order valence-corrected chi connectivity index (χ4v) is 4.16. The van der Waals surface area contributed by atoms with E-state index in [1.807, 2.05) is 18.3 Å². The van der Waals surface area contributed by atoms with Gasteiger partial charge in [-0.05, 0) is 42.7 Å². The third-order valence-electron chi connectivity index (χ3n) is 4.74. The number of benzene rings is 2.